The lowest BCUT2D eigenvalue weighted by Gasteiger charge is -2.13. The Morgan fingerprint density at radius 2 is 1.81 bits per heavy atom. The van der Waals surface area contributed by atoms with Gasteiger partial charge in [-0.2, -0.15) is 0 Å². The van der Waals surface area contributed by atoms with Crippen molar-refractivity contribution < 1.29 is 19.1 Å². The molecule has 0 aliphatic heterocycles. The highest BCUT2D eigenvalue weighted by Gasteiger charge is 2.26. The van der Waals surface area contributed by atoms with Crippen molar-refractivity contribution in [3.05, 3.63) is 45.8 Å². The first kappa shape index (κ1) is 19.4. The van der Waals surface area contributed by atoms with Gasteiger partial charge in [0.1, 0.15) is 10.8 Å². The molecule has 144 valence electrons. The number of amides is 2. The van der Waals surface area contributed by atoms with Crippen molar-refractivity contribution in [1.82, 2.24) is 5.32 Å². The Kier molecular flexibility index (Phi) is 6.47. The van der Waals surface area contributed by atoms with Crippen LogP contribution in [0.5, 0.6) is 5.75 Å². The number of carbonyl (C=O) groups is 2. The molecule has 1 aliphatic carbocycles. The van der Waals surface area contributed by atoms with E-state index in [0.717, 1.165) is 31.2 Å². The standard InChI is InChI=1S/C20H24N2O4S/c1-25-12-11-21-19(24)17-15-5-3-4-6-16(15)27-20(17)22-18(23)13-7-9-14(26-2)10-8-13/h7-10H,3-6,11-12H2,1-2H3,(H,21,24)(H,22,23). The SMILES string of the molecule is COCCNC(=O)c1c(NC(=O)c2ccc(OC)cc2)sc2c1CCCC2. The molecular formula is C20H24N2O4S. The first-order valence-electron chi connectivity index (χ1n) is 9.01. The van der Waals surface area contributed by atoms with Gasteiger partial charge < -0.3 is 20.1 Å². The van der Waals surface area contributed by atoms with E-state index in [1.165, 1.54) is 16.2 Å². The first-order chi connectivity index (χ1) is 13.1. The lowest BCUT2D eigenvalue weighted by atomic mass is 9.95. The number of hydrogen-bond acceptors (Lipinski definition) is 5. The molecule has 0 fully saturated rings. The minimum absolute atomic E-state index is 0.156. The van der Waals surface area contributed by atoms with Crippen LogP contribution in [0.15, 0.2) is 24.3 Å². The second kappa shape index (κ2) is 9.01. The molecule has 1 heterocycles. The van der Waals surface area contributed by atoms with Crippen LogP contribution in [-0.4, -0.2) is 39.2 Å². The monoisotopic (exact) mass is 388 g/mol. The first-order valence-corrected chi connectivity index (χ1v) is 9.82. The average Bonchev–Trinajstić information content (AvgIpc) is 3.06. The zero-order valence-electron chi connectivity index (χ0n) is 15.6. The molecule has 1 aliphatic rings. The number of fused-ring (bicyclic) bond motifs is 1. The number of methoxy groups -OCH3 is 2. The van der Waals surface area contributed by atoms with E-state index < -0.39 is 0 Å². The summed E-state index contributed by atoms with van der Waals surface area (Å²) in [6, 6.07) is 6.90. The Balaban J connectivity index is 1.83. The molecule has 0 radical (unpaired) electrons. The zero-order chi connectivity index (χ0) is 19.2. The molecule has 0 unspecified atom stereocenters. The Hall–Kier alpha value is -2.38. The fourth-order valence-corrected chi connectivity index (χ4v) is 4.45. The van der Waals surface area contributed by atoms with Crippen LogP contribution >= 0.6 is 11.3 Å². The molecule has 0 bridgehead atoms. The molecule has 0 spiro atoms. The molecular weight excluding hydrogens is 364 g/mol. The van der Waals surface area contributed by atoms with Crippen LogP contribution in [0.1, 0.15) is 44.0 Å². The number of rotatable bonds is 7. The predicted molar refractivity (Wildman–Crippen MR) is 106 cm³/mol. The molecule has 3 rings (SSSR count). The summed E-state index contributed by atoms with van der Waals surface area (Å²) in [5, 5.41) is 6.44. The van der Waals surface area contributed by atoms with Gasteiger partial charge in [0.25, 0.3) is 11.8 Å². The second-order valence-electron chi connectivity index (χ2n) is 6.35. The van der Waals surface area contributed by atoms with Crippen LogP contribution in [0.25, 0.3) is 0 Å². The lowest BCUT2D eigenvalue weighted by Crippen LogP contribution is -2.28. The Morgan fingerprint density at radius 1 is 1.07 bits per heavy atom. The van der Waals surface area contributed by atoms with Crippen LogP contribution in [-0.2, 0) is 17.6 Å². The average molecular weight is 388 g/mol. The number of ether oxygens (including phenoxy) is 2. The maximum absolute atomic E-state index is 12.7. The summed E-state index contributed by atoms with van der Waals surface area (Å²) < 4.78 is 10.1. The molecule has 2 N–H and O–H groups in total. The zero-order valence-corrected chi connectivity index (χ0v) is 16.4. The van der Waals surface area contributed by atoms with E-state index >= 15 is 0 Å². The van der Waals surface area contributed by atoms with E-state index in [-0.39, 0.29) is 11.8 Å². The molecule has 6 nitrogen and oxygen atoms in total. The maximum Gasteiger partial charge on any atom is 0.256 e. The Bertz CT molecular complexity index is 814. The van der Waals surface area contributed by atoms with Gasteiger partial charge in [0.2, 0.25) is 0 Å². The van der Waals surface area contributed by atoms with Crippen molar-refractivity contribution >= 4 is 28.2 Å². The molecule has 1 aromatic heterocycles. The van der Waals surface area contributed by atoms with Gasteiger partial charge in [-0.3, -0.25) is 9.59 Å². The Labute approximate surface area is 162 Å². The second-order valence-corrected chi connectivity index (χ2v) is 7.45. The van der Waals surface area contributed by atoms with Crippen molar-refractivity contribution in [2.75, 3.05) is 32.7 Å². The van der Waals surface area contributed by atoms with Crippen LogP contribution in [0.4, 0.5) is 5.00 Å². The van der Waals surface area contributed by atoms with Gasteiger partial charge in [-0.25, -0.2) is 0 Å². The summed E-state index contributed by atoms with van der Waals surface area (Å²) in [5.74, 6) is 0.301. The van der Waals surface area contributed by atoms with Gasteiger partial charge in [0.05, 0.1) is 19.3 Å². The van der Waals surface area contributed by atoms with Gasteiger partial charge in [-0.15, -0.1) is 11.3 Å². The van der Waals surface area contributed by atoms with Gasteiger partial charge >= 0.3 is 0 Å². The molecule has 1 aromatic carbocycles. The summed E-state index contributed by atoms with van der Waals surface area (Å²) >= 11 is 1.51. The van der Waals surface area contributed by atoms with Crippen molar-refractivity contribution in [3.8, 4) is 5.75 Å². The highest BCUT2D eigenvalue weighted by molar-refractivity contribution is 7.17. The highest BCUT2D eigenvalue weighted by Crippen LogP contribution is 2.38. The van der Waals surface area contributed by atoms with Gasteiger partial charge in [0, 0.05) is 24.1 Å². The molecule has 2 aromatic rings. The number of anilines is 1. The number of hydrogen-bond donors (Lipinski definition) is 2. The number of carbonyl (C=O) groups excluding carboxylic acids is 2. The summed E-state index contributed by atoms with van der Waals surface area (Å²) in [6.07, 6.45) is 4.01. The van der Waals surface area contributed by atoms with E-state index in [4.69, 9.17) is 9.47 Å². The summed E-state index contributed by atoms with van der Waals surface area (Å²) in [6.45, 7) is 0.886. The summed E-state index contributed by atoms with van der Waals surface area (Å²) in [5.41, 5.74) is 2.20. The third kappa shape index (κ3) is 4.48. The number of nitrogens with one attached hydrogen (secondary N) is 2. The van der Waals surface area contributed by atoms with Crippen LogP contribution in [0.3, 0.4) is 0 Å². The summed E-state index contributed by atoms with van der Waals surface area (Å²) in [4.78, 5) is 26.6. The smallest absolute Gasteiger partial charge is 0.256 e. The van der Waals surface area contributed by atoms with E-state index in [1.807, 2.05) is 0 Å². The van der Waals surface area contributed by atoms with Crippen molar-refractivity contribution in [2.45, 2.75) is 25.7 Å². The molecule has 0 saturated heterocycles. The van der Waals surface area contributed by atoms with Crippen molar-refractivity contribution in [1.29, 1.82) is 0 Å². The number of benzene rings is 1. The molecule has 27 heavy (non-hydrogen) atoms. The van der Waals surface area contributed by atoms with Crippen LogP contribution < -0.4 is 15.4 Å². The van der Waals surface area contributed by atoms with Crippen molar-refractivity contribution in [2.24, 2.45) is 0 Å². The van der Waals surface area contributed by atoms with Gasteiger partial charge in [-0.05, 0) is 55.5 Å². The summed E-state index contributed by atoms with van der Waals surface area (Å²) in [7, 11) is 3.18. The largest absolute Gasteiger partial charge is 0.497 e. The third-order valence-corrected chi connectivity index (χ3v) is 5.78. The fourth-order valence-electron chi connectivity index (χ4n) is 3.17. The maximum atomic E-state index is 12.7. The lowest BCUT2D eigenvalue weighted by molar-refractivity contribution is 0.0937. The molecule has 7 heteroatoms. The number of aryl methyl sites for hydroxylation is 1. The minimum atomic E-state index is -0.234. The Morgan fingerprint density at radius 3 is 2.52 bits per heavy atom. The van der Waals surface area contributed by atoms with E-state index in [0.29, 0.717) is 35.0 Å². The molecule has 0 atom stereocenters. The highest BCUT2D eigenvalue weighted by atomic mass is 32.1. The normalized spacial score (nSPS) is 13.0. The van der Waals surface area contributed by atoms with E-state index in [1.54, 1.807) is 38.5 Å². The molecule has 0 saturated carbocycles. The third-order valence-electron chi connectivity index (χ3n) is 4.57. The minimum Gasteiger partial charge on any atom is -0.497 e. The molecule has 2 amide bonds. The van der Waals surface area contributed by atoms with Crippen LogP contribution in [0.2, 0.25) is 0 Å². The van der Waals surface area contributed by atoms with Gasteiger partial charge in [0.15, 0.2) is 0 Å². The topological polar surface area (TPSA) is 76.7 Å². The quantitative estimate of drug-likeness (QED) is 0.714. The fraction of sp³-hybridized carbons (Fsp3) is 0.400. The predicted octanol–water partition coefficient (Wildman–Crippen LogP) is 3.26. The van der Waals surface area contributed by atoms with Crippen LogP contribution in [0, 0.1) is 0 Å². The van der Waals surface area contributed by atoms with Crippen molar-refractivity contribution in [3.63, 3.8) is 0 Å². The van der Waals surface area contributed by atoms with E-state index in [9.17, 15) is 9.59 Å². The number of thiophene rings is 1. The van der Waals surface area contributed by atoms with Gasteiger partial charge in [-0.1, -0.05) is 0 Å². The van der Waals surface area contributed by atoms with E-state index in [2.05, 4.69) is 10.6 Å².